The number of benzene rings is 1. The van der Waals surface area contributed by atoms with Crippen LogP contribution < -0.4 is 10.0 Å². The topological polar surface area (TPSA) is 58.2 Å². The predicted octanol–water partition coefficient (Wildman–Crippen LogP) is 1.22. The molecule has 0 spiro atoms. The highest BCUT2D eigenvalue weighted by Crippen LogP contribution is 2.21. The van der Waals surface area contributed by atoms with E-state index in [-0.39, 0.29) is 17.8 Å². The normalized spacial score (nSPS) is 26.4. The quantitative estimate of drug-likeness (QED) is 0.878. The lowest BCUT2D eigenvalue weighted by atomic mass is 9.89. The maximum absolute atomic E-state index is 12.2. The van der Waals surface area contributed by atoms with Gasteiger partial charge in [0.05, 0.1) is 5.75 Å². The summed E-state index contributed by atoms with van der Waals surface area (Å²) in [7, 11) is -3.18. The lowest BCUT2D eigenvalue weighted by molar-refractivity contribution is 0.502. The standard InChI is InChI=1S/C15H22N2O2S/c18-20(19,11-15-6-3-9-16-15)17-14-8-7-12-4-1-2-5-13(12)10-14/h1-2,4-5,14-17H,3,6-11H2. The molecule has 2 aliphatic rings. The second-order valence-electron chi connectivity index (χ2n) is 5.90. The van der Waals surface area contributed by atoms with E-state index in [1.54, 1.807) is 0 Å². The first-order chi connectivity index (χ1) is 9.62. The van der Waals surface area contributed by atoms with Gasteiger partial charge in [-0.25, -0.2) is 13.1 Å². The van der Waals surface area contributed by atoms with Crippen LogP contribution in [0.4, 0.5) is 0 Å². The molecule has 0 amide bonds. The minimum atomic E-state index is -3.18. The molecule has 20 heavy (non-hydrogen) atoms. The maximum atomic E-state index is 12.2. The highest BCUT2D eigenvalue weighted by atomic mass is 32.2. The fourth-order valence-corrected chi connectivity index (χ4v) is 4.88. The third kappa shape index (κ3) is 3.40. The van der Waals surface area contributed by atoms with Gasteiger partial charge < -0.3 is 5.32 Å². The van der Waals surface area contributed by atoms with Crippen molar-refractivity contribution >= 4 is 10.0 Å². The molecule has 1 saturated heterocycles. The second kappa shape index (κ2) is 5.84. The van der Waals surface area contributed by atoms with Gasteiger partial charge in [-0.05, 0) is 49.8 Å². The van der Waals surface area contributed by atoms with Crippen LogP contribution in [0.5, 0.6) is 0 Å². The summed E-state index contributed by atoms with van der Waals surface area (Å²) >= 11 is 0. The Balaban J connectivity index is 1.61. The third-order valence-corrected chi connectivity index (χ3v) is 5.81. The lowest BCUT2D eigenvalue weighted by Crippen LogP contribution is -2.43. The van der Waals surface area contributed by atoms with Crippen LogP contribution in [0.25, 0.3) is 0 Å². The molecule has 110 valence electrons. The van der Waals surface area contributed by atoms with Crippen molar-refractivity contribution in [2.45, 2.75) is 44.2 Å². The summed E-state index contributed by atoms with van der Waals surface area (Å²) in [5.74, 6) is 0.213. The maximum Gasteiger partial charge on any atom is 0.213 e. The van der Waals surface area contributed by atoms with Crippen LogP contribution in [0, 0.1) is 0 Å². The Kier molecular flexibility index (Phi) is 4.10. The first-order valence-electron chi connectivity index (χ1n) is 7.42. The number of fused-ring (bicyclic) bond motifs is 1. The summed E-state index contributed by atoms with van der Waals surface area (Å²) in [6.07, 6.45) is 4.72. The predicted molar refractivity (Wildman–Crippen MR) is 80.2 cm³/mol. The molecule has 1 aliphatic heterocycles. The summed E-state index contributed by atoms with van der Waals surface area (Å²) in [5.41, 5.74) is 2.64. The number of nitrogens with one attached hydrogen (secondary N) is 2. The summed E-state index contributed by atoms with van der Waals surface area (Å²) in [6.45, 7) is 0.941. The van der Waals surface area contributed by atoms with Crippen molar-refractivity contribution in [3.63, 3.8) is 0 Å². The van der Waals surface area contributed by atoms with Crippen LogP contribution in [0.3, 0.4) is 0 Å². The number of hydrogen-bond acceptors (Lipinski definition) is 3. The first kappa shape index (κ1) is 14.0. The Bertz CT molecular complexity index is 565. The molecule has 5 heteroatoms. The van der Waals surface area contributed by atoms with Gasteiger partial charge in [0, 0.05) is 12.1 Å². The molecule has 1 aromatic rings. The Morgan fingerprint density at radius 3 is 2.75 bits per heavy atom. The van der Waals surface area contributed by atoms with Crippen LogP contribution in [0.1, 0.15) is 30.4 Å². The summed E-state index contributed by atoms with van der Waals surface area (Å²) < 4.78 is 27.3. The Labute approximate surface area is 121 Å². The monoisotopic (exact) mass is 294 g/mol. The van der Waals surface area contributed by atoms with Gasteiger partial charge in [-0.2, -0.15) is 0 Å². The molecule has 1 heterocycles. The van der Waals surface area contributed by atoms with E-state index < -0.39 is 10.0 Å². The van der Waals surface area contributed by atoms with E-state index in [1.807, 2.05) is 6.07 Å². The van der Waals surface area contributed by atoms with Gasteiger partial charge >= 0.3 is 0 Å². The van der Waals surface area contributed by atoms with E-state index >= 15 is 0 Å². The summed E-state index contributed by atoms with van der Waals surface area (Å²) in [5, 5.41) is 3.25. The molecular formula is C15H22N2O2S. The van der Waals surface area contributed by atoms with Crippen LogP contribution in [0.2, 0.25) is 0 Å². The van der Waals surface area contributed by atoms with E-state index in [0.717, 1.165) is 38.6 Å². The van der Waals surface area contributed by atoms with E-state index in [4.69, 9.17) is 0 Å². The molecule has 0 aromatic heterocycles. The Hall–Kier alpha value is -0.910. The third-order valence-electron chi connectivity index (χ3n) is 4.28. The summed E-state index contributed by atoms with van der Waals surface area (Å²) in [4.78, 5) is 0. The van der Waals surface area contributed by atoms with Crippen molar-refractivity contribution in [2.75, 3.05) is 12.3 Å². The van der Waals surface area contributed by atoms with Crippen molar-refractivity contribution in [1.29, 1.82) is 0 Å². The zero-order valence-corrected chi connectivity index (χ0v) is 12.5. The SMILES string of the molecule is O=S(=O)(CC1CCCN1)NC1CCc2ccccc2C1. The number of hydrogen-bond donors (Lipinski definition) is 2. The zero-order valence-electron chi connectivity index (χ0n) is 11.6. The smallest absolute Gasteiger partial charge is 0.213 e. The number of rotatable bonds is 4. The number of aryl methyl sites for hydroxylation is 1. The van der Waals surface area contributed by atoms with E-state index in [0.29, 0.717) is 0 Å². The van der Waals surface area contributed by atoms with Gasteiger partial charge in [0.15, 0.2) is 0 Å². The van der Waals surface area contributed by atoms with E-state index in [9.17, 15) is 8.42 Å². The fourth-order valence-electron chi connectivity index (χ4n) is 3.26. The van der Waals surface area contributed by atoms with Crippen LogP contribution in [-0.4, -0.2) is 32.8 Å². The molecule has 0 bridgehead atoms. The number of sulfonamides is 1. The van der Waals surface area contributed by atoms with Gasteiger partial charge in [-0.15, -0.1) is 0 Å². The average molecular weight is 294 g/mol. The minimum Gasteiger partial charge on any atom is -0.313 e. The molecule has 1 aliphatic carbocycles. The molecule has 2 unspecified atom stereocenters. The molecule has 0 saturated carbocycles. The largest absolute Gasteiger partial charge is 0.313 e. The molecule has 1 fully saturated rings. The van der Waals surface area contributed by atoms with Crippen LogP contribution >= 0.6 is 0 Å². The molecule has 4 nitrogen and oxygen atoms in total. The van der Waals surface area contributed by atoms with Gasteiger partial charge in [0.25, 0.3) is 0 Å². The van der Waals surface area contributed by atoms with Gasteiger partial charge in [0.2, 0.25) is 10.0 Å². The molecule has 0 radical (unpaired) electrons. The van der Waals surface area contributed by atoms with E-state index in [1.165, 1.54) is 11.1 Å². The highest BCUT2D eigenvalue weighted by molar-refractivity contribution is 7.89. The van der Waals surface area contributed by atoms with Crippen LogP contribution in [-0.2, 0) is 22.9 Å². The first-order valence-corrected chi connectivity index (χ1v) is 9.08. The van der Waals surface area contributed by atoms with Gasteiger partial charge in [-0.3, -0.25) is 0 Å². The molecule has 3 rings (SSSR count). The highest BCUT2D eigenvalue weighted by Gasteiger charge is 2.26. The van der Waals surface area contributed by atoms with Gasteiger partial charge in [0.1, 0.15) is 0 Å². The zero-order chi connectivity index (χ0) is 14.0. The fraction of sp³-hybridized carbons (Fsp3) is 0.600. The van der Waals surface area contributed by atoms with Crippen molar-refractivity contribution in [3.8, 4) is 0 Å². The van der Waals surface area contributed by atoms with Gasteiger partial charge in [-0.1, -0.05) is 24.3 Å². The van der Waals surface area contributed by atoms with Crippen molar-refractivity contribution in [1.82, 2.24) is 10.0 Å². The van der Waals surface area contributed by atoms with Crippen molar-refractivity contribution in [2.24, 2.45) is 0 Å². The molecule has 2 N–H and O–H groups in total. The Morgan fingerprint density at radius 2 is 2.00 bits per heavy atom. The lowest BCUT2D eigenvalue weighted by Gasteiger charge is -2.25. The molecule has 2 atom stereocenters. The van der Waals surface area contributed by atoms with Crippen molar-refractivity contribution < 1.29 is 8.42 Å². The average Bonchev–Trinajstić information content (AvgIpc) is 2.90. The summed E-state index contributed by atoms with van der Waals surface area (Å²) in [6, 6.07) is 8.50. The molecular weight excluding hydrogens is 272 g/mol. The van der Waals surface area contributed by atoms with Crippen molar-refractivity contribution in [3.05, 3.63) is 35.4 Å². The minimum absolute atomic E-state index is 0.0521. The van der Waals surface area contributed by atoms with Crippen LogP contribution in [0.15, 0.2) is 24.3 Å². The Morgan fingerprint density at radius 1 is 1.20 bits per heavy atom. The van der Waals surface area contributed by atoms with E-state index in [2.05, 4.69) is 28.2 Å². The molecule has 1 aromatic carbocycles. The second-order valence-corrected chi connectivity index (χ2v) is 7.70.